The minimum atomic E-state index is -4.67. The van der Waals surface area contributed by atoms with Crippen LogP contribution in [0.1, 0.15) is 22.8 Å². The van der Waals surface area contributed by atoms with Crippen LogP contribution in [0.3, 0.4) is 0 Å². The highest BCUT2D eigenvalue weighted by Gasteiger charge is 2.37. The summed E-state index contributed by atoms with van der Waals surface area (Å²) >= 11 is 0. The number of nitrogens with one attached hydrogen (secondary N) is 2. The molecule has 1 fully saturated rings. The topological polar surface area (TPSA) is 119 Å². The predicted octanol–water partition coefficient (Wildman–Crippen LogP) is 1.74. The molecule has 31 heavy (non-hydrogen) atoms. The van der Waals surface area contributed by atoms with Gasteiger partial charge in [-0.15, -0.1) is 0 Å². The maximum absolute atomic E-state index is 13.6. The Balaban J connectivity index is 1.81. The van der Waals surface area contributed by atoms with E-state index in [-0.39, 0.29) is 46.0 Å². The van der Waals surface area contributed by atoms with Gasteiger partial charge in [-0.25, -0.2) is 14.5 Å². The van der Waals surface area contributed by atoms with Crippen molar-refractivity contribution in [3.8, 4) is 17.1 Å². The van der Waals surface area contributed by atoms with Crippen LogP contribution >= 0.6 is 0 Å². The van der Waals surface area contributed by atoms with E-state index in [4.69, 9.17) is 10.5 Å². The Bertz CT molecular complexity index is 1150. The number of carbonyl (C=O) groups excluding carboxylic acids is 1. The number of aromatic nitrogens is 4. The number of nitrogen functional groups attached to an aromatic ring is 1. The first-order valence-corrected chi connectivity index (χ1v) is 9.46. The first-order valence-electron chi connectivity index (χ1n) is 9.46. The average molecular weight is 435 g/mol. The summed E-state index contributed by atoms with van der Waals surface area (Å²) in [5, 5.41) is 10.0. The van der Waals surface area contributed by atoms with Gasteiger partial charge in [0.25, 0.3) is 5.91 Å². The van der Waals surface area contributed by atoms with Crippen LogP contribution in [-0.4, -0.2) is 51.7 Å². The van der Waals surface area contributed by atoms with Crippen LogP contribution in [0.5, 0.6) is 5.88 Å². The Kier molecular flexibility index (Phi) is 5.17. The van der Waals surface area contributed by atoms with Gasteiger partial charge in [0, 0.05) is 24.3 Å². The van der Waals surface area contributed by atoms with Crippen LogP contribution in [0.2, 0.25) is 0 Å². The normalized spacial score (nSPS) is 19.0. The van der Waals surface area contributed by atoms with Crippen LogP contribution in [0, 0.1) is 5.92 Å². The van der Waals surface area contributed by atoms with Crippen molar-refractivity contribution < 1.29 is 22.7 Å². The molecule has 1 saturated heterocycles. The first-order chi connectivity index (χ1) is 14.7. The fourth-order valence-electron chi connectivity index (χ4n) is 3.66. The van der Waals surface area contributed by atoms with Gasteiger partial charge in [-0.2, -0.15) is 18.3 Å². The Morgan fingerprint density at radius 2 is 2.10 bits per heavy atom. The van der Waals surface area contributed by atoms with E-state index in [0.717, 1.165) is 23.5 Å². The maximum Gasteiger partial charge on any atom is 0.418 e. The maximum atomic E-state index is 13.6. The zero-order chi connectivity index (χ0) is 22.3. The van der Waals surface area contributed by atoms with Gasteiger partial charge in [-0.3, -0.25) is 4.79 Å². The average Bonchev–Trinajstić information content (AvgIpc) is 3.32. The van der Waals surface area contributed by atoms with E-state index in [2.05, 4.69) is 25.7 Å². The van der Waals surface area contributed by atoms with Crippen LogP contribution in [0.25, 0.3) is 16.8 Å². The second kappa shape index (κ2) is 7.69. The number of halogens is 3. The zero-order valence-corrected chi connectivity index (χ0v) is 16.7. The van der Waals surface area contributed by atoms with Crippen LogP contribution in [0.15, 0.2) is 24.7 Å². The van der Waals surface area contributed by atoms with Gasteiger partial charge in [-0.05, 0) is 24.6 Å². The van der Waals surface area contributed by atoms with Gasteiger partial charge < -0.3 is 21.1 Å². The molecule has 0 aromatic carbocycles. The van der Waals surface area contributed by atoms with Crippen molar-refractivity contribution in [3.05, 3.63) is 35.8 Å². The molecule has 0 radical (unpaired) electrons. The molecule has 0 bridgehead atoms. The van der Waals surface area contributed by atoms with Gasteiger partial charge in [0.15, 0.2) is 5.82 Å². The van der Waals surface area contributed by atoms with Crippen molar-refractivity contribution in [2.75, 3.05) is 25.9 Å². The summed E-state index contributed by atoms with van der Waals surface area (Å²) in [6.45, 7) is 3.40. The van der Waals surface area contributed by atoms with E-state index in [9.17, 15) is 18.0 Å². The van der Waals surface area contributed by atoms with Crippen molar-refractivity contribution in [2.24, 2.45) is 5.92 Å². The van der Waals surface area contributed by atoms with Gasteiger partial charge in [0.05, 0.1) is 18.4 Å². The molecular weight excluding hydrogens is 415 g/mol. The number of ether oxygens (including phenoxy) is 1. The standard InChI is InChI=1S/C19H20F3N7O2/c1-9-5-24-7-13(9)28-17(30)11-3-10(6-25-18(11)31-2)14-4-12(19(20,21)22)15-16(23)26-8-27-29(14)15/h3-4,6,8-9,13,24H,5,7H2,1-2H3,(H,28,30)(H2,23,26,27)/t9-,13+/m1/s1. The van der Waals surface area contributed by atoms with Crippen LogP contribution < -0.4 is 21.1 Å². The first kappa shape index (κ1) is 20.8. The molecule has 0 aliphatic carbocycles. The summed E-state index contributed by atoms with van der Waals surface area (Å²) in [4.78, 5) is 20.7. The van der Waals surface area contributed by atoms with E-state index in [0.29, 0.717) is 6.54 Å². The molecule has 4 N–H and O–H groups in total. The van der Waals surface area contributed by atoms with Gasteiger partial charge in [0.1, 0.15) is 17.4 Å². The van der Waals surface area contributed by atoms with Gasteiger partial charge in [0.2, 0.25) is 5.88 Å². The highest BCUT2D eigenvalue weighted by molar-refractivity contribution is 5.98. The Hall–Kier alpha value is -3.41. The lowest BCUT2D eigenvalue weighted by Gasteiger charge is -2.17. The molecular formula is C19H20F3N7O2. The summed E-state index contributed by atoms with van der Waals surface area (Å²) in [7, 11) is 1.36. The van der Waals surface area contributed by atoms with Crippen LogP contribution in [-0.2, 0) is 6.18 Å². The number of methoxy groups -OCH3 is 1. The smallest absolute Gasteiger partial charge is 0.418 e. The number of hydrogen-bond donors (Lipinski definition) is 3. The highest BCUT2D eigenvalue weighted by atomic mass is 19.4. The van der Waals surface area contributed by atoms with E-state index in [1.807, 2.05) is 6.92 Å². The SMILES string of the molecule is COc1ncc(-c2cc(C(F)(F)F)c3c(N)ncnn23)cc1C(=O)N[C@H]1CNC[C@H]1C. The van der Waals surface area contributed by atoms with Gasteiger partial charge in [-0.1, -0.05) is 6.92 Å². The molecule has 164 valence electrons. The van der Waals surface area contributed by atoms with Crippen molar-refractivity contribution in [3.63, 3.8) is 0 Å². The number of alkyl halides is 3. The molecule has 0 unspecified atom stereocenters. The number of pyridine rings is 1. The molecule has 9 nitrogen and oxygen atoms in total. The lowest BCUT2D eigenvalue weighted by atomic mass is 10.1. The quantitative estimate of drug-likeness (QED) is 0.571. The third-order valence-electron chi connectivity index (χ3n) is 5.31. The minimum absolute atomic E-state index is 0.0610. The Morgan fingerprint density at radius 1 is 1.32 bits per heavy atom. The van der Waals surface area contributed by atoms with Crippen molar-refractivity contribution >= 4 is 17.2 Å². The molecule has 1 aliphatic heterocycles. The molecule has 1 aliphatic rings. The summed E-state index contributed by atoms with van der Waals surface area (Å²) < 4.78 is 47.0. The molecule has 12 heteroatoms. The lowest BCUT2D eigenvalue weighted by Crippen LogP contribution is -2.39. The summed E-state index contributed by atoms with van der Waals surface area (Å²) in [6, 6.07) is 2.25. The molecule has 2 atom stereocenters. The predicted molar refractivity (Wildman–Crippen MR) is 105 cm³/mol. The monoisotopic (exact) mass is 435 g/mol. The molecule has 3 aromatic heterocycles. The third kappa shape index (κ3) is 3.74. The van der Waals surface area contributed by atoms with E-state index >= 15 is 0 Å². The third-order valence-corrected chi connectivity index (χ3v) is 5.31. The van der Waals surface area contributed by atoms with Crippen LogP contribution in [0.4, 0.5) is 19.0 Å². The van der Waals surface area contributed by atoms with Crippen molar-refractivity contribution in [1.29, 1.82) is 0 Å². The number of amides is 1. The number of nitrogens with two attached hydrogens (primary N) is 1. The summed E-state index contributed by atoms with van der Waals surface area (Å²) in [5.41, 5.74) is 4.76. The second-order valence-electron chi connectivity index (χ2n) is 7.34. The number of rotatable bonds is 4. The molecule has 3 aromatic rings. The number of carbonyl (C=O) groups is 1. The molecule has 1 amide bonds. The largest absolute Gasteiger partial charge is 0.480 e. The fourth-order valence-corrected chi connectivity index (χ4v) is 3.66. The molecule has 0 spiro atoms. The minimum Gasteiger partial charge on any atom is -0.480 e. The lowest BCUT2D eigenvalue weighted by molar-refractivity contribution is -0.136. The van der Waals surface area contributed by atoms with E-state index in [1.54, 1.807) is 0 Å². The summed E-state index contributed by atoms with van der Waals surface area (Å²) in [5.74, 6) is -0.450. The number of anilines is 1. The Morgan fingerprint density at radius 3 is 2.74 bits per heavy atom. The summed E-state index contributed by atoms with van der Waals surface area (Å²) in [6.07, 6.45) is -2.30. The second-order valence-corrected chi connectivity index (χ2v) is 7.34. The zero-order valence-electron chi connectivity index (χ0n) is 16.7. The number of hydrogen-bond acceptors (Lipinski definition) is 7. The molecule has 0 saturated carbocycles. The van der Waals surface area contributed by atoms with E-state index < -0.39 is 17.6 Å². The van der Waals surface area contributed by atoms with Gasteiger partial charge >= 0.3 is 6.18 Å². The molecule has 4 heterocycles. The van der Waals surface area contributed by atoms with Crippen molar-refractivity contribution in [1.82, 2.24) is 30.2 Å². The molecule has 4 rings (SSSR count). The van der Waals surface area contributed by atoms with E-state index in [1.165, 1.54) is 19.4 Å². The van der Waals surface area contributed by atoms with Crippen molar-refractivity contribution in [2.45, 2.75) is 19.1 Å². The number of nitrogens with zero attached hydrogens (tertiary/aromatic N) is 4. The highest BCUT2D eigenvalue weighted by Crippen LogP contribution is 2.38. The number of fused-ring (bicyclic) bond motifs is 1. The Labute approximate surface area is 174 Å². The fraction of sp³-hybridized carbons (Fsp3) is 0.368.